The molecule has 26 heavy (non-hydrogen) atoms. The molecule has 1 aromatic carbocycles. The lowest BCUT2D eigenvalue weighted by molar-refractivity contribution is -0.143. The van der Waals surface area contributed by atoms with Gasteiger partial charge in [0, 0.05) is 19.0 Å². The second-order valence-corrected chi connectivity index (χ2v) is 6.96. The molecule has 0 aliphatic carbocycles. The van der Waals surface area contributed by atoms with Crippen molar-refractivity contribution in [1.82, 2.24) is 0 Å². The van der Waals surface area contributed by atoms with Crippen molar-refractivity contribution in [3.8, 4) is 0 Å². The smallest absolute Gasteiger partial charge is 0.367 e. The molecule has 6 nitrogen and oxygen atoms in total. The summed E-state index contributed by atoms with van der Waals surface area (Å²) in [5.41, 5.74) is 1.47. The summed E-state index contributed by atoms with van der Waals surface area (Å²) in [6.07, 6.45) is 1.58. The van der Waals surface area contributed by atoms with Crippen LogP contribution in [0.4, 0.5) is 5.00 Å². The quantitative estimate of drug-likeness (QED) is 0.444. The SMILES string of the molecule is CN(C)c1ccc(C=C2C(=O)ON=C2CC(=O)OCc2ccccc2)s1. The van der Waals surface area contributed by atoms with Crippen molar-refractivity contribution in [3.05, 3.63) is 58.5 Å². The van der Waals surface area contributed by atoms with Gasteiger partial charge in [-0.15, -0.1) is 11.3 Å². The highest BCUT2D eigenvalue weighted by Gasteiger charge is 2.28. The van der Waals surface area contributed by atoms with Gasteiger partial charge < -0.3 is 14.5 Å². The van der Waals surface area contributed by atoms with Crippen molar-refractivity contribution in [2.75, 3.05) is 19.0 Å². The van der Waals surface area contributed by atoms with Crippen LogP contribution in [0.1, 0.15) is 16.9 Å². The summed E-state index contributed by atoms with van der Waals surface area (Å²) in [5, 5.41) is 4.78. The average Bonchev–Trinajstić information content (AvgIpc) is 3.23. The van der Waals surface area contributed by atoms with Gasteiger partial charge in [-0.25, -0.2) is 4.79 Å². The van der Waals surface area contributed by atoms with E-state index >= 15 is 0 Å². The largest absolute Gasteiger partial charge is 0.461 e. The molecular weight excluding hydrogens is 352 g/mol. The van der Waals surface area contributed by atoms with Crippen LogP contribution in [-0.2, 0) is 25.8 Å². The van der Waals surface area contributed by atoms with E-state index in [0.29, 0.717) is 0 Å². The molecule has 1 aliphatic rings. The highest BCUT2D eigenvalue weighted by atomic mass is 32.1. The van der Waals surface area contributed by atoms with Gasteiger partial charge in [0.05, 0.1) is 17.0 Å². The minimum atomic E-state index is -0.560. The number of carbonyl (C=O) groups excluding carboxylic acids is 2. The number of ether oxygens (including phenoxy) is 1. The van der Waals surface area contributed by atoms with E-state index in [0.717, 1.165) is 15.4 Å². The second-order valence-electron chi connectivity index (χ2n) is 5.87. The Balaban J connectivity index is 1.65. The van der Waals surface area contributed by atoms with Crippen molar-refractivity contribution in [2.45, 2.75) is 13.0 Å². The van der Waals surface area contributed by atoms with E-state index in [-0.39, 0.29) is 24.3 Å². The van der Waals surface area contributed by atoms with Gasteiger partial charge in [-0.05, 0) is 23.8 Å². The van der Waals surface area contributed by atoms with Crippen molar-refractivity contribution in [2.24, 2.45) is 5.16 Å². The first kappa shape index (κ1) is 17.9. The monoisotopic (exact) mass is 370 g/mol. The van der Waals surface area contributed by atoms with Gasteiger partial charge in [0.1, 0.15) is 12.3 Å². The number of esters is 1. The normalized spacial score (nSPS) is 14.9. The molecule has 2 aromatic rings. The van der Waals surface area contributed by atoms with Crippen molar-refractivity contribution in [1.29, 1.82) is 0 Å². The van der Waals surface area contributed by atoms with E-state index < -0.39 is 11.9 Å². The van der Waals surface area contributed by atoms with Gasteiger partial charge in [0.15, 0.2) is 0 Å². The lowest BCUT2D eigenvalue weighted by atomic mass is 10.1. The molecule has 0 spiro atoms. The molecule has 1 aromatic heterocycles. The van der Waals surface area contributed by atoms with E-state index in [4.69, 9.17) is 9.57 Å². The van der Waals surface area contributed by atoms with Crippen LogP contribution < -0.4 is 4.90 Å². The Hall–Kier alpha value is -2.93. The fraction of sp³-hybridized carbons (Fsp3) is 0.211. The molecule has 0 fully saturated rings. The molecule has 0 radical (unpaired) electrons. The van der Waals surface area contributed by atoms with Gasteiger partial charge in [-0.1, -0.05) is 35.5 Å². The Morgan fingerprint density at radius 3 is 2.69 bits per heavy atom. The molecule has 7 heteroatoms. The molecule has 0 amide bonds. The zero-order valence-electron chi connectivity index (χ0n) is 14.5. The van der Waals surface area contributed by atoms with E-state index in [1.165, 1.54) is 11.3 Å². The Labute approximate surface area is 155 Å². The van der Waals surface area contributed by atoms with Gasteiger partial charge in [0.25, 0.3) is 0 Å². The molecule has 0 N–H and O–H groups in total. The van der Waals surface area contributed by atoms with Crippen LogP contribution in [0.15, 0.2) is 53.2 Å². The van der Waals surface area contributed by atoms with Crippen LogP contribution in [0.2, 0.25) is 0 Å². The third kappa shape index (κ3) is 4.37. The molecule has 0 atom stereocenters. The van der Waals surface area contributed by atoms with Crippen LogP contribution in [-0.4, -0.2) is 31.7 Å². The van der Waals surface area contributed by atoms with Crippen LogP contribution in [0.5, 0.6) is 0 Å². The maximum atomic E-state index is 12.1. The van der Waals surface area contributed by atoms with Crippen LogP contribution in [0, 0.1) is 0 Å². The summed E-state index contributed by atoms with van der Waals surface area (Å²) in [6, 6.07) is 13.3. The predicted octanol–water partition coefficient (Wildman–Crippen LogP) is 3.24. The molecular formula is C19H18N2O4S. The van der Waals surface area contributed by atoms with Crippen LogP contribution >= 0.6 is 11.3 Å². The zero-order valence-corrected chi connectivity index (χ0v) is 15.3. The highest BCUT2D eigenvalue weighted by molar-refractivity contribution is 7.17. The molecule has 3 rings (SSSR count). The molecule has 0 bridgehead atoms. The number of benzene rings is 1. The zero-order chi connectivity index (χ0) is 18.5. The third-order valence-electron chi connectivity index (χ3n) is 3.66. The van der Waals surface area contributed by atoms with E-state index in [9.17, 15) is 9.59 Å². The van der Waals surface area contributed by atoms with E-state index in [1.807, 2.05) is 61.5 Å². The van der Waals surface area contributed by atoms with Crippen LogP contribution in [0.25, 0.3) is 6.08 Å². The summed E-state index contributed by atoms with van der Waals surface area (Å²) in [5.74, 6) is -1.02. The maximum Gasteiger partial charge on any atom is 0.367 e. The average molecular weight is 370 g/mol. The standard InChI is InChI=1S/C19H18N2O4S/c1-21(2)17-9-8-14(26-17)10-15-16(20-25-19(15)23)11-18(22)24-12-13-6-4-3-5-7-13/h3-10H,11-12H2,1-2H3. The Kier molecular flexibility index (Phi) is 5.48. The number of nitrogens with zero attached hydrogens (tertiary/aromatic N) is 2. The number of oxime groups is 1. The molecule has 134 valence electrons. The number of hydrogen-bond acceptors (Lipinski definition) is 7. The van der Waals surface area contributed by atoms with Crippen molar-refractivity contribution >= 4 is 40.1 Å². The van der Waals surface area contributed by atoms with Crippen molar-refractivity contribution in [3.63, 3.8) is 0 Å². The van der Waals surface area contributed by atoms with Gasteiger partial charge in [0.2, 0.25) is 0 Å². The maximum absolute atomic E-state index is 12.1. The van der Waals surface area contributed by atoms with Gasteiger partial charge in [-0.2, -0.15) is 0 Å². The number of hydrogen-bond donors (Lipinski definition) is 0. The highest BCUT2D eigenvalue weighted by Crippen LogP contribution is 2.27. The first-order valence-corrected chi connectivity index (χ1v) is 8.81. The first-order chi connectivity index (χ1) is 12.5. The molecule has 0 saturated carbocycles. The fourth-order valence-corrected chi connectivity index (χ4v) is 3.18. The first-order valence-electron chi connectivity index (χ1n) is 8.00. The van der Waals surface area contributed by atoms with Gasteiger partial charge >= 0.3 is 11.9 Å². The number of carbonyl (C=O) groups is 2. The molecule has 0 unspecified atom stereocenters. The molecule has 1 aliphatic heterocycles. The van der Waals surface area contributed by atoms with E-state index in [1.54, 1.807) is 6.08 Å². The number of rotatable bonds is 6. The minimum Gasteiger partial charge on any atom is -0.461 e. The van der Waals surface area contributed by atoms with Crippen LogP contribution in [0.3, 0.4) is 0 Å². The topological polar surface area (TPSA) is 68.2 Å². The lowest BCUT2D eigenvalue weighted by Gasteiger charge is -2.07. The van der Waals surface area contributed by atoms with Crippen molar-refractivity contribution < 1.29 is 19.2 Å². The molecule has 0 saturated heterocycles. The fourth-order valence-electron chi connectivity index (χ4n) is 2.31. The summed E-state index contributed by atoms with van der Waals surface area (Å²) in [7, 11) is 3.89. The predicted molar refractivity (Wildman–Crippen MR) is 101 cm³/mol. The summed E-state index contributed by atoms with van der Waals surface area (Å²) >= 11 is 1.53. The summed E-state index contributed by atoms with van der Waals surface area (Å²) in [4.78, 5) is 31.6. The number of anilines is 1. The van der Waals surface area contributed by atoms with Gasteiger partial charge in [-0.3, -0.25) is 4.79 Å². The Bertz CT molecular complexity index is 869. The third-order valence-corrected chi connectivity index (χ3v) is 4.86. The summed E-state index contributed by atoms with van der Waals surface area (Å²) in [6.45, 7) is 0.178. The number of thiophene rings is 1. The minimum absolute atomic E-state index is 0.115. The lowest BCUT2D eigenvalue weighted by Crippen LogP contribution is -2.13. The Morgan fingerprint density at radius 2 is 2.00 bits per heavy atom. The summed E-state index contributed by atoms with van der Waals surface area (Å²) < 4.78 is 5.24. The molecule has 2 heterocycles. The Morgan fingerprint density at radius 1 is 1.23 bits per heavy atom. The van der Waals surface area contributed by atoms with E-state index in [2.05, 4.69) is 5.16 Å². The second kappa shape index (κ2) is 7.97.